The molecule has 1 unspecified atom stereocenters. The second-order valence-corrected chi connectivity index (χ2v) is 5.41. The van der Waals surface area contributed by atoms with Gasteiger partial charge in [0, 0.05) is 0 Å². The summed E-state index contributed by atoms with van der Waals surface area (Å²) in [5.74, 6) is 0.745. The Bertz CT molecular complexity index is 451. The van der Waals surface area contributed by atoms with Gasteiger partial charge in [-0.3, -0.25) is 0 Å². The number of unbranched alkanes of at least 4 members (excludes halogenated alkanes) is 2. The van der Waals surface area contributed by atoms with E-state index in [1.807, 2.05) is 6.08 Å². The van der Waals surface area contributed by atoms with Crippen molar-refractivity contribution in [2.75, 3.05) is 0 Å². The van der Waals surface area contributed by atoms with E-state index in [0.717, 1.165) is 18.8 Å². The Kier molecular flexibility index (Phi) is 4.41. The average molecular weight is 240 g/mol. The summed E-state index contributed by atoms with van der Waals surface area (Å²) in [5, 5.41) is 0. The third-order valence-electron chi connectivity index (χ3n) is 4.06. The minimum absolute atomic E-state index is 0.745. The summed E-state index contributed by atoms with van der Waals surface area (Å²) in [6, 6.07) is 4.62. The molecule has 0 heterocycles. The van der Waals surface area contributed by atoms with Gasteiger partial charge in [-0.15, -0.1) is 6.58 Å². The van der Waals surface area contributed by atoms with Crippen molar-refractivity contribution in [3.05, 3.63) is 53.1 Å². The molecule has 18 heavy (non-hydrogen) atoms. The second kappa shape index (κ2) is 6.04. The molecule has 0 amide bonds. The number of fused-ring (bicyclic) bond motifs is 1. The van der Waals surface area contributed by atoms with Crippen molar-refractivity contribution in [1.29, 1.82) is 0 Å². The lowest BCUT2D eigenvalue weighted by atomic mass is 9.94. The van der Waals surface area contributed by atoms with Gasteiger partial charge in [-0.1, -0.05) is 37.3 Å². The summed E-state index contributed by atoms with van der Waals surface area (Å²) in [7, 11) is 0. The Labute approximate surface area is 111 Å². The molecule has 1 aliphatic carbocycles. The molecule has 1 atom stereocenters. The van der Waals surface area contributed by atoms with Crippen LogP contribution in [-0.4, -0.2) is 0 Å². The van der Waals surface area contributed by atoms with Crippen molar-refractivity contribution in [3.63, 3.8) is 0 Å². The van der Waals surface area contributed by atoms with E-state index in [2.05, 4.69) is 44.7 Å². The molecule has 0 heteroatoms. The lowest BCUT2D eigenvalue weighted by Gasteiger charge is -2.11. The summed E-state index contributed by atoms with van der Waals surface area (Å²) in [5.41, 5.74) is 6.09. The molecule has 2 rings (SSSR count). The van der Waals surface area contributed by atoms with Crippen LogP contribution in [0.25, 0.3) is 6.08 Å². The Morgan fingerprint density at radius 2 is 2.17 bits per heavy atom. The fourth-order valence-electron chi connectivity index (χ4n) is 2.99. The van der Waals surface area contributed by atoms with Crippen molar-refractivity contribution in [1.82, 2.24) is 0 Å². The highest BCUT2D eigenvalue weighted by Gasteiger charge is 2.20. The molecule has 0 saturated heterocycles. The zero-order chi connectivity index (χ0) is 13.0. The molecule has 0 fully saturated rings. The SMILES string of the molecule is C=CCCC/C=C/c1ccc2c(c1C)C(C)CC2. The lowest BCUT2D eigenvalue weighted by molar-refractivity contribution is 0.744. The second-order valence-electron chi connectivity index (χ2n) is 5.41. The standard InChI is InChI=1S/C18H24/c1-4-5-6-7-8-9-16-12-13-17-11-10-14(2)18(17)15(16)3/h4,8-9,12-14H,1,5-7,10-11H2,2-3H3/b9-8+. The van der Waals surface area contributed by atoms with E-state index in [1.54, 1.807) is 11.1 Å². The molecule has 0 radical (unpaired) electrons. The maximum atomic E-state index is 3.75. The summed E-state index contributed by atoms with van der Waals surface area (Å²) in [6.07, 6.45) is 12.7. The van der Waals surface area contributed by atoms with E-state index >= 15 is 0 Å². The van der Waals surface area contributed by atoms with Gasteiger partial charge in [0.2, 0.25) is 0 Å². The normalized spacial score (nSPS) is 18.2. The fourth-order valence-corrected chi connectivity index (χ4v) is 2.99. The summed E-state index contributed by atoms with van der Waals surface area (Å²) >= 11 is 0. The first-order valence-electron chi connectivity index (χ1n) is 7.14. The topological polar surface area (TPSA) is 0 Å². The van der Waals surface area contributed by atoms with Gasteiger partial charge in [0.15, 0.2) is 0 Å². The predicted octanol–water partition coefficient (Wildman–Crippen LogP) is 5.41. The van der Waals surface area contributed by atoms with Crippen LogP contribution >= 0.6 is 0 Å². The number of allylic oxidation sites excluding steroid dienone is 2. The van der Waals surface area contributed by atoms with Gasteiger partial charge in [0.05, 0.1) is 0 Å². The van der Waals surface area contributed by atoms with E-state index in [9.17, 15) is 0 Å². The van der Waals surface area contributed by atoms with E-state index in [-0.39, 0.29) is 0 Å². The highest BCUT2D eigenvalue weighted by molar-refractivity contribution is 5.58. The molecule has 0 aliphatic heterocycles. The van der Waals surface area contributed by atoms with Crippen molar-refractivity contribution in [3.8, 4) is 0 Å². The van der Waals surface area contributed by atoms with E-state index in [0.29, 0.717) is 0 Å². The van der Waals surface area contributed by atoms with Crippen molar-refractivity contribution >= 4 is 6.08 Å². The first-order chi connectivity index (χ1) is 8.74. The van der Waals surface area contributed by atoms with Gasteiger partial charge in [-0.2, -0.15) is 0 Å². The zero-order valence-corrected chi connectivity index (χ0v) is 11.7. The number of rotatable bonds is 5. The largest absolute Gasteiger partial charge is 0.103 e. The van der Waals surface area contributed by atoms with Crippen LogP contribution in [0.15, 0.2) is 30.9 Å². The van der Waals surface area contributed by atoms with Crippen LogP contribution in [0.2, 0.25) is 0 Å². The predicted molar refractivity (Wildman–Crippen MR) is 81.0 cm³/mol. The quantitative estimate of drug-likeness (QED) is 0.476. The molecule has 1 aromatic rings. The highest BCUT2D eigenvalue weighted by Crippen LogP contribution is 2.36. The monoisotopic (exact) mass is 240 g/mol. The summed E-state index contributed by atoms with van der Waals surface area (Å²) < 4.78 is 0. The Hall–Kier alpha value is -1.30. The van der Waals surface area contributed by atoms with Crippen molar-refractivity contribution < 1.29 is 0 Å². The van der Waals surface area contributed by atoms with E-state index < -0.39 is 0 Å². The van der Waals surface area contributed by atoms with Crippen molar-refractivity contribution in [2.45, 2.75) is 51.9 Å². The molecule has 0 bridgehead atoms. The summed E-state index contributed by atoms with van der Waals surface area (Å²) in [4.78, 5) is 0. The van der Waals surface area contributed by atoms with Crippen LogP contribution in [0.5, 0.6) is 0 Å². The molecule has 0 N–H and O–H groups in total. The van der Waals surface area contributed by atoms with Crippen LogP contribution < -0.4 is 0 Å². The van der Waals surface area contributed by atoms with Gasteiger partial charge in [-0.25, -0.2) is 0 Å². The van der Waals surface area contributed by atoms with Gasteiger partial charge >= 0.3 is 0 Å². The lowest BCUT2D eigenvalue weighted by Crippen LogP contribution is -1.94. The number of benzene rings is 1. The van der Waals surface area contributed by atoms with Gasteiger partial charge in [-0.05, 0) is 67.2 Å². The smallest absolute Gasteiger partial charge is 0.0182 e. The van der Waals surface area contributed by atoms with Gasteiger partial charge in [0.1, 0.15) is 0 Å². The molecule has 96 valence electrons. The van der Waals surface area contributed by atoms with Crippen LogP contribution in [0, 0.1) is 6.92 Å². The Morgan fingerprint density at radius 3 is 2.94 bits per heavy atom. The minimum Gasteiger partial charge on any atom is -0.103 e. The molecule has 0 aromatic heterocycles. The number of aryl methyl sites for hydroxylation is 1. The van der Waals surface area contributed by atoms with Crippen LogP contribution in [-0.2, 0) is 6.42 Å². The van der Waals surface area contributed by atoms with E-state index in [4.69, 9.17) is 0 Å². The molecule has 0 saturated carbocycles. The third-order valence-corrected chi connectivity index (χ3v) is 4.06. The van der Waals surface area contributed by atoms with Gasteiger partial charge in [0.25, 0.3) is 0 Å². The van der Waals surface area contributed by atoms with Crippen LogP contribution in [0.4, 0.5) is 0 Å². The van der Waals surface area contributed by atoms with Crippen molar-refractivity contribution in [2.24, 2.45) is 0 Å². The van der Waals surface area contributed by atoms with E-state index in [1.165, 1.54) is 30.4 Å². The average Bonchev–Trinajstić information content (AvgIpc) is 2.74. The first kappa shape index (κ1) is 13.1. The molecule has 1 aromatic carbocycles. The third kappa shape index (κ3) is 2.75. The Morgan fingerprint density at radius 1 is 1.33 bits per heavy atom. The van der Waals surface area contributed by atoms with Crippen LogP contribution in [0.3, 0.4) is 0 Å². The summed E-state index contributed by atoms with van der Waals surface area (Å²) in [6.45, 7) is 8.39. The zero-order valence-electron chi connectivity index (χ0n) is 11.7. The minimum atomic E-state index is 0.745. The van der Waals surface area contributed by atoms with Crippen LogP contribution in [0.1, 0.15) is 60.8 Å². The fraction of sp³-hybridized carbons (Fsp3) is 0.444. The van der Waals surface area contributed by atoms with Gasteiger partial charge < -0.3 is 0 Å². The molecular formula is C18H24. The molecule has 0 spiro atoms. The molecule has 1 aliphatic rings. The Balaban J connectivity index is 2.10. The molecular weight excluding hydrogens is 216 g/mol. The number of hydrogen-bond donors (Lipinski definition) is 0. The first-order valence-corrected chi connectivity index (χ1v) is 7.14. The molecule has 0 nitrogen and oxygen atoms in total. The maximum Gasteiger partial charge on any atom is -0.0182 e. The highest BCUT2D eigenvalue weighted by atomic mass is 14.3. The maximum absolute atomic E-state index is 3.75. The number of hydrogen-bond acceptors (Lipinski definition) is 0.